The highest BCUT2D eigenvalue weighted by Gasteiger charge is 2.28. The van der Waals surface area contributed by atoms with Crippen LogP contribution in [0.5, 0.6) is 0 Å². The summed E-state index contributed by atoms with van der Waals surface area (Å²) in [5.41, 5.74) is 3.12. The molecule has 5 nitrogen and oxygen atoms in total. The van der Waals surface area contributed by atoms with Gasteiger partial charge in [-0.15, -0.1) is 0 Å². The second kappa shape index (κ2) is 8.16. The molecule has 8 heteroatoms. The molecule has 0 spiro atoms. The molecule has 0 unspecified atom stereocenters. The molecule has 0 saturated heterocycles. The fourth-order valence-corrected chi connectivity index (χ4v) is 2.54. The van der Waals surface area contributed by atoms with E-state index in [-0.39, 0.29) is 5.82 Å². The summed E-state index contributed by atoms with van der Waals surface area (Å²) < 4.78 is -1.73. The van der Waals surface area contributed by atoms with Crippen molar-refractivity contribution in [2.24, 2.45) is 0 Å². The van der Waals surface area contributed by atoms with E-state index < -0.39 is 3.79 Å². The van der Waals surface area contributed by atoms with Gasteiger partial charge in [0.15, 0.2) is 11.6 Å². The Balaban J connectivity index is 1.84. The molecule has 2 aromatic heterocycles. The van der Waals surface area contributed by atoms with Gasteiger partial charge in [-0.25, -0.2) is 4.98 Å². The Labute approximate surface area is 166 Å². The third-order valence-electron chi connectivity index (χ3n) is 3.64. The molecular weight excluding hydrogens is 393 g/mol. The minimum Gasteiger partial charge on any atom is -0.354 e. The van der Waals surface area contributed by atoms with E-state index in [2.05, 4.69) is 25.3 Å². The standard InChI is InChI=1S/C18H16Cl3N5/c1-12-2-4-14(5-3-12)15-24-16(18(19,20)21)26-17(25-15)23-11-8-13-6-9-22-10-7-13/h2-7,9-10H,8,11H2,1H3,(H,23,24,25,26). The van der Waals surface area contributed by atoms with E-state index in [0.717, 1.165) is 23.1 Å². The van der Waals surface area contributed by atoms with Crippen molar-refractivity contribution in [3.05, 3.63) is 65.7 Å². The predicted molar refractivity (Wildman–Crippen MR) is 106 cm³/mol. The fourth-order valence-electron chi connectivity index (χ4n) is 2.28. The summed E-state index contributed by atoms with van der Waals surface area (Å²) in [6.45, 7) is 2.64. The van der Waals surface area contributed by atoms with Gasteiger partial charge in [-0.3, -0.25) is 4.98 Å². The molecule has 134 valence electrons. The zero-order valence-corrected chi connectivity index (χ0v) is 16.2. The Morgan fingerprint density at radius 2 is 1.62 bits per heavy atom. The molecule has 1 N–H and O–H groups in total. The van der Waals surface area contributed by atoms with E-state index >= 15 is 0 Å². The first-order valence-electron chi connectivity index (χ1n) is 7.95. The van der Waals surface area contributed by atoms with E-state index in [1.807, 2.05) is 43.3 Å². The lowest BCUT2D eigenvalue weighted by atomic mass is 10.1. The molecule has 0 atom stereocenters. The average Bonchev–Trinajstić information content (AvgIpc) is 2.62. The summed E-state index contributed by atoms with van der Waals surface area (Å²) in [5.74, 6) is 0.901. The molecule has 0 amide bonds. The molecule has 3 rings (SSSR count). The Morgan fingerprint density at radius 1 is 0.923 bits per heavy atom. The lowest BCUT2D eigenvalue weighted by Crippen LogP contribution is -2.15. The van der Waals surface area contributed by atoms with Gasteiger partial charge in [0.25, 0.3) is 0 Å². The number of benzene rings is 1. The van der Waals surface area contributed by atoms with Crippen molar-refractivity contribution in [1.29, 1.82) is 0 Å². The van der Waals surface area contributed by atoms with Crippen LogP contribution in [0.4, 0.5) is 5.95 Å². The number of hydrogen-bond acceptors (Lipinski definition) is 5. The van der Waals surface area contributed by atoms with Crippen LogP contribution in [0.25, 0.3) is 11.4 Å². The van der Waals surface area contributed by atoms with Gasteiger partial charge in [-0.1, -0.05) is 64.6 Å². The number of aromatic nitrogens is 4. The molecule has 0 saturated carbocycles. The maximum Gasteiger partial charge on any atom is 0.250 e. The summed E-state index contributed by atoms with van der Waals surface area (Å²) in [7, 11) is 0. The van der Waals surface area contributed by atoms with Gasteiger partial charge in [0.2, 0.25) is 9.74 Å². The number of halogens is 3. The van der Waals surface area contributed by atoms with Crippen LogP contribution >= 0.6 is 34.8 Å². The van der Waals surface area contributed by atoms with Gasteiger partial charge in [-0.2, -0.15) is 9.97 Å². The van der Waals surface area contributed by atoms with Crippen LogP contribution in [-0.2, 0) is 10.2 Å². The second-order valence-corrected chi connectivity index (χ2v) is 7.98. The van der Waals surface area contributed by atoms with Gasteiger partial charge < -0.3 is 5.32 Å². The number of hydrogen-bond donors (Lipinski definition) is 1. The highest BCUT2D eigenvalue weighted by molar-refractivity contribution is 6.66. The van der Waals surface area contributed by atoms with Crippen LogP contribution in [0, 0.1) is 6.92 Å². The van der Waals surface area contributed by atoms with E-state index in [9.17, 15) is 0 Å². The van der Waals surface area contributed by atoms with Crippen molar-refractivity contribution in [1.82, 2.24) is 19.9 Å². The van der Waals surface area contributed by atoms with E-state index in [1.54, 1.807) is 12.4 Å². The van der Waals surface area contributed by atoms with Crippen LogP contribution in [0.3, 0.4) is 0 Å². The number of alkyl halides is 3. The SMILES string of the molecule is Cc1ccc(-c2nc(NCCc3ccncc3)nc(C(Cl)(Cl)Cl)n2)cc1. The van der Waals surface area contributed by atoms with Crippen molar-refractivity contribution in [3.8, 4) is 11.4 Å². The lowest BCUT2D eigenvalue weighted by Gasteiger charge is -2.13. The van der Waals surface area contributed by atoms with E-state index in [0.29, 0.717) is 18.3 Å². The van der Waals surface area contributed by atoms with Crippen LogP contribution in [0.2, 0.25) is 0 Å². The molecule has 0 radical (unpaired) electrons. The maximum atomic E-state index is 5.99. The minimum absolute atomic E-state index is 0.0829. The molecule has 3 aromatic rings. The first-order valence-corrected chi connectivity index (χ1v) is 9.08. The zero-order chi connectivity index (χ0) is 18.6. The van der Waals surface area contributed by atoms with Gasteiger partial charge in [0.05, 0.1) is 0 Å². The molecule has 0 fully saturated rings. The Kier molecular flexibility index (Phi) is 5.91. The van der Waals surface area contributed by atoms with Gasteiger partial charge in [0, 0.05) is 24.5 Å². The maximum absolute atomic E-state index is 5.99. The fraction of sp³-hybridized carbons (Fsp3) is 0.222. The van der Waals surface area contributed by atoms with Gasteiger partial charge >= 0.3 is 0 Å². The van der Waals surface area contributed by atoms with Gasteiger partial charge in [0.1, 0.15) is 0 Å². The molecular formula is C18H16Cl3N5. The topological polar surface area (TPSA) is 63.6 Å². The summed E-state index contributed by atoms with van der Waals surface area (Å²) in [4.78, 5) is 17.0. The third-order valence-corrected chi connectivity index (χ3v) is 4.15. The highest BCUT2D eigenvalue weighted by Crippen LogP contribution is 2.36. The summed E-state index contributed by atoms with van der Waals surface area (Å²) in [6, 6.07) is 11.7. The minimum atomic E-state index is -1.73. The van der Waals surface area contributed by atoms with Crippen LogP contribution in [0.15, 0.2) is 48.8 Å². The number of anilines is 1. The normalized spacial score (nSPS) is 11.4. The zero-order valence-electron chi connectivity index (χ0n) is 14.0. The van der Waals surface area contributed by atoms with Crippen LogP contribution in [0.1, 0.15) is 17.0 Å². The molecule has 0 aliphatic carbocycles. The number of pyridine rings is 1. The number of nitrogens with one attached hydrogen (secondary N) is 1. The Hall–Kier alpha value is -1.95. The van der Waals surface area contributed by atoms with Crippen molar-refractivity contribution >= 4 is 40.8 Å². The second-order valence-electron chi connectivity index (χ2n) is 5.70. The number of nitrogens with zero attached hydrogens (tertiary/aromatic N) is 4. The molecule has 26 heavy (non-hydrogen) atoms. The molecule has 0 aliphatic heterocycles. The molecule has 0 bridgehead atoms. The predicted octanol–water partition coefficient (Wildman–Crippen LogP) is 4.72. The largest absolute Gasteiger partial charge is 0.354 e. The van der Waals surface area contributed by atoms with Crippen molar-refractivity contribution in [3.63, 3.8) is 0 Å². The first kappa shape index (κ1) is 18.8. The van der Waals surface area contributed by atoms with E-state index in [1.165, 1.54) is 0 Å². The molecule has 0 aliphatic rings. The van der Waals surface area contributed by atoms with Crippen molar-refractivity contribution in [2.45, 2.75) is 17.1 Å². The third kappa shape index (κ3) is 5.04. The lowest BCUT2D eigenvalue weighted by molar-refractivity contribution is 0.903. The number of aryl methyl sites for hydroxylation is 1. The monoisotopic (exact) mass is 407 g/mol. The highest BCUT2D eigenvalue weighted by atomic mass is 35.6. The smallest absolute Gasteiger partial charge is 0.250 e. The first-order chi connectivity index (χ1) is 12.4. The van der Waals surface area contributed by atoms with Crippen LogP contribution < -0.4 is 5.32 Å². The Morgan fingerprint density at radius 3 is 2.27 bits per heavy atom. The average molecular weight is 409 g/mol. The van der Waals surface area contributed by atoms with Crippen LogP contribution in [-0.4, -0.2) is 26.5 Å². The van der Waals surface area contributed by atoms with Crippen molar-refractivity contribution < 1.29 is 0 Å². The van der Waals surface area contributed by atoms with Gasteiger partial charge in [-0.05, 0) is 31.0 Å². The summed E-state index contributed by atoms with van der Waals surface area (Å²) >= 11 is 18.0. The molecule has 2 heterocycles. The summed E-state index contributed by atoms with van der Waals surface area (Å²) in [5, 5.41) is 3.17. The summed E-state index contributed by atoms with van der Waals surface area (Å²) in [6.07, 6.45) is 4.31. The quantitative estimate of drug-likeness (QED) is 0.619. The van der Waals surface area contributed by atoms with Crippen molar-refractivity contribution in [2.75, 3.05) is 11.9 Å². The number of rotatable bonds is 5. The van der Waals surface area contributed by atoms with E-state index in [4.69, 9.17) is 34.8 Å². The molecule has 1 aromatic carbocycles. The Bertz CT molecular complexity index is 864.